The first-order valence-corrected chi connectivity index (χ1v) is 13.3. The Kier molecular flexibility index (Phi) is 8.31. The van der Waals surface area contributed by atoms with Crippen molar-refractivity contribution in [2.24, 2.45) is 0 Å². The number of aromatic nitrogens is 3. The molecule has 2 heterocycles. The largest absolute Gasteiger partial charge is 0.483 e. The van der Waals surface area contributed by atoms with Gasteiger partial charge in [0.25, 0.3) is 22.1 Å². The molecule has 204 valence electrons. The van der Waals surface area contributed by atoms with Gasteiger partial charge in [-0.3, -0.25) is 14.3 Å². The number of carboxylic acid groups (broad SMARTS) is 1. The maximum absolute atomic E-state index is 13.4. The first-order chi connectivity index (χ1) is 19.2. The van der Waals surface area contributed by atoms with Gasteiger partial charge in [-0.15, -0.1) is 0 Å². The highest BCUT2D eigenvalue weighted by Crippen LogP contribution is 2.30. The van der Waals surface area contributed by atoms with Crippen molar-refractivity contribution in [3.8, 4) is 22.7 Å². The van der Waals surface area contributed by atoms with Crippen molar-refractivity contribution in [3.63, 3.8) is 0 Å². The van der Waals surface area contributed by atoms with Gasteiger partial charge < -0.3 is 15.6 Å². The fraction of sp³-hybridized carbons (Fsp3) is 0.0370. The van der Waals surface area contributed by atoms with Gasteiger partial charge in [0.05, 0.1) is 23.7 Å². The molecule has 0 unspecified atom stereocenters. The van der Waals surface area contributed by atoms with E-state index >= 15 is 0 Å². The van der Waals surface area contributed by atoms with Crippen LogP contribution in [0.25, 0.3) is 27.7 Å². The van der Waals surface area contributed by atoms with Crippen LogP contribution in [0.15, 0.2) is 94.7 Å². The van der Waals surface area contributed by atoms with Crippen LogP contribution in [0.1, 0.15) is 0 Å². The molecule has 0 atom stereocenters. The van der Waals surface area contributed by atoms with Gasteiger partial charge >= 0.3 is 0 Å². The quantitative estimate of drug-likeness (QED) is 0.250. The Balaban J connectivity index is 0.00000118. The van der Waals surface area contributed by atoms with Crippen LogP contribution in [0, 0.1) is 0 Å². The number of halogens is 1. The molecule has 0 radical (unpaired) electrons. The normalized spacial score (nSPS) is 10.8. The Morgan fingerprint density at radius 3 is 2.35 bits per heavy atom. The van der Waals surface area contributed by atoms with Crippen molar-refractivity contribution in [3.05, 3.63) is 100 Å². The predicted molar refractivity (Wildman–Crippen MR) is 152 cm³/mol. The summed E-state index contributed by atoms with van der Waals surface area (Å²) in [5, 5.41) is 7.68. The minimum absolute atomic E-state index is 0.0595. The molecule has 0 aliphatic heterocycles. The highest BCUT2D eigenvalue weighted by atomic mass is 35.5. The summed E-state index contributed by atoms with van der Waals surface area (Å²) in [6.45, 7) is -0.250. The monoisotopic (exact) mass is 579 g/mol. The number of fused-ring (bicyclic) bond motifs is 1. The molecule has 3 aromatic carbocycles. The van der Waals surface area contributed by atoms with Crippen LogP contribution in [0.4, 0.5) is 11.6 Å². The summed E-state index contributed by atoms with van der Waals surface area (Å²) in [4.78, 5) is 30.1. The molecule has 11 nitrogen and oxygen atoms in total. The molecule has 5 aromatic rings. The molecule has 40 heavy (non-hydrogen) atoms. The van der Waals surface area contributed by atoms with Crippen molar-refractivity contribution in [1.82, 2.24) is 14.5 Å². The maximum Gasteiger partial charge on any atom is 0.290 e. The molecular formula is C27H22ClN5O6S. The molecule has 13 heteroatoms. The molecular weight excluding hydrogens is 558 g/mol. The van der Waals surface area contributed by atoms with Gasteiger partial charge in [-0.1, -0.05) is 35.9 Å². The average Bonchev–Trinajstić information content (AvgIpc) is 2.95. The van der Waals surface area contributed by atoms with E-state index in [2.05, 4.69) is 14.7 Å². The highest BCUT2D eigenvalue weighted by molar-refractivity contribution is 7.92. The number of hydrogen-bond acceptors (Lipinski definition) is 8. The molecule has 0 amide bonds. The lowest BCUT2D eigenvalue weighted by Crippen LogP contribution is -2.23. The number of hydrogen-bond donors (Lipinski definition) is 3. The number of nitrogens with one attached hydrogen (secondary N) is 1. The van der Waals surface area contributed by atoms with Gasteiger partial charge in [-0.25, -0.2) is 23.0 Å². The Hall–Kier alpha value is -4.94. The number of nitrogen functional groups attached to an aromatic ring is 1. The second-order valence-electron chi connectivity index (χ2n) is 8.13. The lowest BCUT2D eigenvalue weighted by molar-refractivity contribution is -0.122. The van der Waals surface area contributed by atoms with Crippen molar-refractivity contribution in [1.29, 1.82) is 0 Å². The van der Waals surface area contributed by atoms with E-state index < -0.39 is 10.0 Å². The van der Waals surface area contributed by atoms with Crippen LogP contribution >= 0.6 is 11.6 Å². The maximum atomic E-state index is 13.4. The molecule has 0 aliphatic carbocycles. The van der Waals surface area contributed by atoms with Gasteiger partial charge in [0.1, 0.15) is 4.90 Å². The third-order valence-corrected chi connectivity index (χ3v) is 7.27. The van der Waals surface area contributed by atoms with Crippen molar-refractivity contribution >= 4 is 50.6 Å². The summed E-state index contributed by atoms with van der Waals surface area (Å²) in [6, 6.07) is 21.6. The number of ether oxygens (including phenoxy) is 1. The second kappa shape index (κ2) is 11.8. The zero-order valence-electron chi connectivity index (χ0n) is 20.9. The summed E-state index contributed by atoms with van der Waals surface area (Å²) in [5.41, 5.74) is 8.08. The minimum atomic E-state index is -4.07. The van der Waals surface area contributed by atoms with Gasteiger partial charge in [-0.05, 0) is 60.2 Å². The van der Waals surface area contributed by atoms with E-state index in [-0.39, 0.29) is 28.8 Å². The summed E-state index contributed by atoms with van der Waals surface area (Å²) in [5.74, 6) is -0.0175. The molecule has 0 saturated carbocycles. The molecule has 0 spiro atoms. The summed E-state index contributed by atoms with van der Waals surface area (Å²) in [7, 11) is -2.74. The van der Waals surface area contributed by atoms with E-state index in [4.69, 9.17) is 32.0 Å². The van der Waals surface area contributed by atoms with Crippen molar-refractivity contribution in [2.45, 2.75) is 4.90 Å². The molecule has 2 aromatic heterocycles. The van der Waals surface area contributed by atoms with E-state index in [0.29, 0.717) is 38.4 Å². The van der Waals surface area contributed by atoms with Crippen LogP contribution in [-0.4, -0.2) is 41.6 Å². The molecule has 4 N–H and O–H groups in total. The van der Waals surface area contributed by atoms with Gasteiger partial charge in [0.15, 0.2) is 0 Å². The number of methoxy groups -OCH3 is 1. The average molecular weight is 580 g/mol. The lowest BCUT2D eigenvalue weighted by Gasteiger charge is -2.13. The number of anilines is 2. The zero-order valence-corrected chi connectivity index (χ0v) is 22.4. The standard InChI is InChI=1S/C26H20ClN5O4S.CH2O2/c1-36-24-23(37(34,35)31-19-10-8-18(27)9-11-19)14-17(15-29-24)16-7-12-22-21(13-16)25(33)32(26(28)30-22)20-5-3-2-4-6-20;2-1-3/h2-15,31H,1H3,(H2,28,30);1H,(H,2,3). The Morgan fingerprint density at radius 2 is 1.70 bits per heavy atom. The fourth-order valence-corrected chi connectivity index (χ4v) is 5.20. The summed E-state index contributed by atoms with van der Waals surface area (Å²) < 4.78 is 35.5. The van der Waals surface area contributed by atoms with Gasteiger partial charge in [0.2, 0.25) is 11.8 Å². The number of benzene rings is 3. The van der Waals surface area contributed by atoms with Crippen LogP contribution in [0.3, 0.4) is 0 Å². The number of nitrogens with zero attached hydrogens (tertiary/aromatic N) is 3. The Labute approximate surface area is 233 Å². The molecule has 0 bridgehead atoms. The fourth-order valence-electron chi connectivity index (χ4n) is 3.87. The third kappa shape index (κ3) is 5.87. The van der Waals surface area contributed by atoms with Gasteiger partial charge in [-0.2, -0.15) is 0 Å². The lowest BCUT2D eigenvalue weighted by atomic mass is 10.1. The van der Waals surface area contributed by atoms with E-state index in [1.807, 2.05) is 6.07 Å². The highest BCUT2D eigenvalue weighted by Gasteiger charge is 2.22. The predicted octanol–water partition coefficient (Wildman–Crippen LogP) is 4.19. The number of pyridine rings is 1. The Morgan fingerprint density at radius 1 is 1.02 bits per heavy atom. The first-order valence-electron chi connectivity index (χ1n) is 11.5. The van der Waals surface area contributed by atoms with E-state index in [0.717, 1.165) is 0 Å². The summed E-state index contributed by atoms with van der Waals surface area (Å²) >= 11 is 5.90. The van der Waals surface area contributed by atoms with E-state index in [1.165, 1.54) is 23.9 Å². The topological polar surface area (TPSA) is 166 Å². The number of rotatable bonds is 6. The van der Waals surface area contributed by atoms with Crippen molar-refractivity contribution in [2.75, 3.05) is 17.6 Å². The van der Waals surface area contributed by atoms with Crippen LogP contribution in [0.5, 0.6) is 5.88 Å². The zero-order chi connectivity index (χ0) is 28.9. The SMILES string of the molecule is COc1ncc(-c2ccc3nc(N)n(-c4ccccc4)c(=O)c3c2)cc1S(=O)(=O)Nc1ccc(Cl)cc1.O=CO. The van der Waals surface area contributed by atoms with Crippen molar-refractivity contribution < 1.29 is 23.1 Å². The number of sulfonamides is 1. The molecule has 0 aliphatic rings. The van der Waals surface area contributed by atoms with Crippen LogP contribution < -0.4 is 20.8 Å². The van der Waals surface area contributed by atoms with Crippen LogP contribution in [-0.2, 0) is 14.8 Å². The molecule has 5 rings (SSSR count). The van der Waals surface area contributed by atoms with Crippen LogP contribution in [0.2, 0.25) is 5.02 Å². The molecule has 0 saturated heterocycles. The minimum Gasteiger partial charge on any atom is -0.483 e. The smallest absolute Gasteiger partial charge is 0.290 e. The Bertz CT molecular complexity index is 1850. The number of nitrogens with two attached hydrogens (primary N) is 1. The molecule has 0 fully saturated rings. The number of carbonyl (C=O) groups is 1. The number of para-hydroxylation sites is 1. The first kappa shape index (κ1) is 28.1. The third-order valence-electron chi connectivity index (χ3n) is 5.64. The van der Waals surface area contributed by atoms with Gasteiger partial charge in [0, 0.05) is 22.5 Å². The van der Waals surface area contributed by atoms with E-state index in [1.54, 1.807) is 66.7 Å². The summed E-state index contributed by atoms with van der Waals surface area (Å²) in [6.07, 6.45) is 1.47. The second-order valence-corrected chi connectivity index (χ2v) is 10.2. The van der Waals surface area contributed by atoms with E-state index in [9.17, 15) is 13.2 Å².